The molecule has 0 aromatic carbocycles. The van der Waals surface area contributed by atoms with Gasteiger partial charge in [-0.25, -0.2) is 4.21 Å². The maximum absolute atomic E-state index is 11.6. The fraction of sp³-hybridized carbons (Fsp3) is 0. The van der Waals surface area contributed by atoms with Crippen LogP contribution in [0.5, 0.6) is 0 Å². The van der Waals surface area contributed by atoms with Crippen molar-refractivity contribution in [2.45, 2.75) is 10.1 Å². The molecule has 0 fully saturated rings. The zero-order valence-corrected chi connectivity index (χ0v) is 8.29. The summed E-state index contributed by atoms with van der Waals surface area (Å²) in [5.41, 5.74) is 0. The van der Waals surface area contributed by atoms with Crippen LogP contribution in [-0.4, -0.2) is 13.0 Å². The molecule has 2 aromatic rings. The van der Waals surface area contributed by atoms with Gasteiger partial charge in [0.2, 0.25) is 0 Å². The van der Waals surface area contributed by atoms with Gasteiger partial charge in [-0.1, -0.05) is 0 Å². The topological polar surface area (TPSA) is 42.9 Å². The van der Waals surface area contributed by atoms with Crippen LogP contribution in [0.1, 0.15) is 0 Å². The molecule has 3 nitrogen and oxygen atoms in total. The molecule has 2 aromatic heterocycles. The maximum atomic E-state index is 11.6. The predicted molar refractivity (Wildman–Crippen MR) is 48.9 cm³/mol. The fourth-order valence-electron chi connectivity index (χ4n) is 0.701. The molecule has 0 N–H and O–H groups in total. The molecule has 0 aliphatic carbocycles. The van der Waals surface area contributed by atoms with Gasteiger partial charge in [0.05, 0.1) is 0 Å². The quantitative estimate of drug-likeness (QED) is 0.768. The second-order valence-corrected chi connectivity index (χ2v) is 4.65. The van der Waals surface area contributed by atoms with Crippen molar-refractivity contribution in [2.24, 2.45) is 0 Å². The van der Waals surface area contributed by atoms with Gasteiger partial charge in [-0.05, 0) is 35.2 Å². The Bertz CT molecular complexity index is 331. The third-order valence-electron chi connectivity index (χ3n) is 1.21. The highest BCUT2D eigenvalue weighted by molar-refractivity contribution is 7.85. The molecule has 62 valence electrons. The Balaban J connectivity index is 2.34. The molecule has 0 unspecified atom stereocenters. The molecular formula is C6H4N2OS3. The molecule has 12 heavy (non-hydrogen) atoms. The molecule has 0 bridgehead atoms. The van der Waals surface area contributed by atoms with Crippen molar-refractivity contribution in [2.75, 3.05) is 0 Å². The van der Waals surface area contributed by atoms with E-state index >= 15 is 0 Å². The summed E-state index contributed by atoms with van der Waals surface area (Å²) in [5.74, 6) is 0. The van der Waals surface area contributed by atoms with Crippen LogP contribution in [0.3, 0.4) is 0 Å². The SMILES string of the molecule is O=S(c1ccsn1)c1ccsn1. The van der Waals surface area contributed by atoms with Crippen LogP contribution in [0.15, 0.2) is 32.9 Å². The Morgan fingerprint density at radius 2 is 1.58 bits per heavy atom. The minimum atomic E-state index is -1.19. The zero-order valence-electron chi connectivity index (χ0n) is 5.84. The minimum absolute atomic E-state index is 0.589. The molecule has 2 rings (SSSR count). The Morgan fingerprint density at radius 1 is 1.08 bits per heavy atom. The highest BCUT2D eigenvalue weighted by Gasteiger charge is 2.10. The van der Waals surface area contributed by atoms with Crippen LogP contribution in [-0.2, 0) is 10.8 Å². The summed E-state index contributed by atoms with van der Waals surface area (Å²) in [7, 11) is -1.19. The Morgan fingerprint density at radius 3 is 1.92 bits per heavy atom. The van der Waals surface area contributed by atoms with E-state index in [2.05, 4.69) is 8.75 Å². The molecule has 6 heteroatoms. The van der Waals surface area contributed by atoms with Crippen molar-refractivity contribution >= 4 is 33.9 Å². The molecule has 0 spiro atoms. The van der Waals surface area contributed by atoms with Crippen LogP contribution in [0.25, 0.3) is 0 Å². The van der Waals surface area contributed by atoms with E-state index in [0.717, 1.165) is 0 Å². The number of hydrogen-bond donors (Lipinski definition) is 0. The lowest BCUT2D eigenvalue weighted by Gasteiger charge is -1.89. The van der Waals surface area contributed by atoms with Gasteiger partial charge in [0.25, 0.3) is 0 Å². The Kier molecular flexibility index (Phi) is 2.29. The lowest BCUT2D eigenvalue weighted by atomic mass is 10.8. The highest BCUT2D eigenvalue weighted by atomic mass is 32.2. The van der Waals surface area contributed by atoms with Crippen molar-refractivity contribution in [3.8, 4) is 0 Å². The summed E-state index contributed by atoms with van der Waals surface area (Å²) in [6, 6.07) is 3.50. The first-order chi connectivity index (χ1) is 5.88. The monoisotopic (exact) mass is 216 g/mol. The second-order valence-electron chi connectivity index (χ2n) is 1.94. The number of nitrogens with zero attached hydrogens (tertiary/aromatic N) is 2. The van der Waals surface area contributed by atoms with E-state index in [1.807, 2.05) is 0 Å². The first kappa shape index (κ1) is 8.03. The average molecular weight is 216 g/mol. The van der Waals surface area contributed by atoms with Crippen LogP contribution >= 0.6 is 23.1 Å². The second kappa shape index (κ2) is 3.42. The van der Waals surface area contributed by atoms with Crippen LogP contribution in [0.4, 0.5) is 0 Å². The lowest BCUT2D eigenvalue weighted by Crippen LogP contribution is -1.91. The van der Waals surface area contributed by atoms with Crippen LogP contribution < -0.4 is 0 Å². The number of rotatable bonds is 2. The largest absolute Gasteiger partial charge is 0.246 e. The molecule has 0 radical (unpaired) electrons. The van der Waals surface area contributed by atoms with Gasteiger partial charge in [0.1, 0.15) is 20.9 Å². The van der Waals surface area contributed by atoms with Crippen molar-refractivity contribution in [1.82, 2.24) is 8.75 Å². The van der Waals surface area contributed by atoms with E-state index in [4.69, 9.17) is 0 Å². The lowest BCUT2D eigenvalue weighted by molar-refractivity contribution is 0.679. The third kappa shape index (κ3) is 1.45. The molecule has 0 atom stereocenters. The highest BCUT2D eigenvalue weighted by Crippen LogP contribution is 2.14. The average Bonchev–Trinajstić information content (AvgIpc) is 2.77. The summed E-state index contributed by atoms with van der Waals surface area (Å²) in [4.78, 5) is 0. The third-order valence-corrected chi connectivity index (χ3v) is 3.77. The zero-order chi connectivity index (χ0) is 8.39. The van der Waals surface area contributed by atoms with E-state index in [-0.39, 0.29) is 0 Å². The van der Waals surface area contributed by atoms with E-state index in [9.17, 15) is 4.21 Å². The maximum Gasteiger partial charge on any atom is 0.147 e. The summed E-state index contributed by atoms with van der Waals surface area (Å²) in [6.45, 7) is 0. The minimum Gasteiger partial charge on any atom is -0.246 e. The fourth-order valence-corrected chi connectivity index (χ4v) is 3.10. The van der Waals surface area contributed by atoms with E-state index in [0.29, 0.717) is 10.1 Å². The molecule has 0 aliphatic rings. The molecule has 2 heterocycles. The van der Waals surface area contributed by atoms with Gasteiger partial charge in [-0.15, -0.1) is 0 Å². The van der Waals surface area contributed by atoms with Crippen LogP contribution in [0.2, 0.25) is 0 Å². The van der Waals surface area contributed by atoms with E-state index in [1.165, 1.54) is 23.1 Å². The summed E-state index contributed by atoms with van der Waals surface area (Å²) >= 11 is 2.60. The van der Waals surface area contributed by atoms with Gasteiger partial charge >= 0.3 is 0 Å². The molecule has 0 aliphatic heterocycles. The van der Waals surface area contributed by atoms with Crippen molar-refractivity contribution < 1.29 is 4.21 Å². The Hall–Kier alpha value is -0.590. The first-order valence-corrected chi connectivity index (χ1v) is 5.93. The van der Waals surface area contributed by atoms with Gasteiger partial charge in [-0.3, -0.25) is 0 Å². The van der Waals surface area contributed by atoms with E-state index in [1.54, 1.807) is 22.9 Å². The van der Waals surface area contributed by atoms with Gasteiger partial charge in [-0.2, -0.15) is 8.75 Å². The summed E-state index contributed by atoms with van der Waals surface area (Å²) < 4.78 is 19.5. The Labute approximate surface area is 79.9 Å². The summed E-state index contributed by atoms with van der Waals surface area (Å²) in [6.07, 6.45) is 0. The van der Waals surface area contributed by atoms with Crippen LogP contribution in [0, 0.1) is 0 Å². The van der Waals surface area contributed by atoms with E-state index < -0.39 is 10.8 Å². The van der Waals surface area contributed by atoms with Crippen molar-refractivity contribution in [1.29, 1.82) is 0 Å². The number of hydrogen-bond acceptors (Lipinski definition) is 5. The van der Waals surface area contributed by atoms with Gasteiger partial charge in [0, 0.05) is 10.8 Å². The molecular weight excluding hydrogens is 212 g/mol. The smallest absolute Gasteiger partial charge is 0.147 e. The molecule has 0 amide bonds. The first-order valence-electron chi connectivity index (χ1n) is 3.10. The normalized spacial score (nSPS) is 10.8. The molecule has 0 saturated carbocycles. The number of aromatic nitrogens is 2. The predicted octanol–water partition coefficient (Wildman–Crippen LogP) is 1.77. The van der Waals surface area contributed by atoms with Gasteiger partial charge < -0.3 is 0 Å². The van der Waals surface area contributed by atoms with Crippen molar-refractivity contribution in [3.63, 3.8) is 0 Å². The van der Waals surface area contributed by atoms with Gasteiger partial charge in [0.15, 0.2) is 0 Å². The van der Waals surface area contributed by atoms with Crippen molar-refractivity contribution in [3.05, 3.63) is 22.9 Å². The molecule has 0 saturated heterocycles. The standard InChI is InChI=1S/C6H4N2OS3/c9-12(5-1-3-10-7-5)6-2-4-11-8-6/h1-4H. The summed E-state index contributed by atoms with van der Waals surface area (Å²) in [5, 5.41) is 4.79.